The summed E-state index contributed by atoms with van der Waals surface area (Å²) in [6.45, 7) is 2.02. The fourth-order valence-electron chi connectivity index (χ4n) is 1.92. The van der Waals surface area contributed by atoms with E-state index in [-0.39, 0.29) is 16.9 Å². The summed E-state index contributed by atoms with van der Waals surface area (Å²) in [4.78, 5) is 13.5. The van der Waals surface area contributed by atoms with Gasteiger partial charge in [-0.15, -0.1) is 23.4 Å². The summed E-state index contributed by atoms with van der Waals surface area (Å²) in [6.07, 6.45) is 0.580. The van der Waals surface area contributed by atoms with Crippen molar-refractivity contribution in [1.82, 2.24) is 0 Å². The van der Waals surface area contributed by atoms with E-state index in [4.69, 9.17) is 11.6 Å². The maximum Gasteiger partial charge on any atom is 0.176 e. The first-order valence-corrected chi connectivity index (χ1v) is 8.10. The van der Waals surface area contributed by atoms with Crippen molar-refractivity contribution in [2.45, 2.75) is 23.5 Å². The van der Waals surface area contributed by atoms with Gasteiger partial charge in [0.2, 0.25) is 0 Å². The Morgan fingerprint density at radius 1 is 1.14 bits per heavy atom. The van der Waals surface area contributed by atoms with Crippen LogP contribution in [0.25, 0.3) is 0 Å². The Morgan fingerprint density at radius 3 is 2.33 bits per heavy atom. The molecule has 110 valence electrons. The second kappa shape index (κ2) is 7.62. The van der Waals surface area contributed by atoms with E-state index in [0.717, 1.165) is 4.90 Å². The van der Waals surface area contributed by atoms with Gasteiger partial charge in [-0.05, 0) is 49.7 Å². The molecule has 2 aromatic carbocycles. The third-order valence-corrected chi connectivity index (χ3v) is 4.59. The van der Waals surface area contributed by atoms with Crippen molar-refractivity contribution in [2.75, 3.05) is 5.88 Å². The number of ketones is 1. The van der Waals surface area contributed by atoms with Gasteiger partial charge in [0.25, 0.3) is 0 Å². The van der Waals surface area contributed by atoms with Crippen molar-refractivity contribution in [3.05, 3.63) is 65.5 Å². The quantitative estimate of drug-likeness (QED) is 0.418. The van der Waals surface area contributed by atoms with Crippen molar-refractivity contribution < 1.29 is 9.18 Å². The number of halogens is 2. The van der Waals surface area contributed by atoms with Crippen molar-refractivity contribution in [1.29, 1.82) is 0 Å². The molecule has 0 fully saturated rings. The maximum absolute atomic E-state index is 12.9. The predicted octanol–water partition coefficient (Wildman–Crippen LogP) is 5.11. The molecule has 1 unspecified atom stereocenters. The highest BCUT2D eigenvalue weighted by Crippen LogP contribution is 2.28. The average molecular weight is 323 g/mol. The van der Waals surface area contributed by atoms with Gasteiger partial charge in [0.15, 0.2) is 5.78 Å². The molecule has 0 aromatic heterocycles. The van der Waals surface area contributed by atoms with Crippen molar-refractivity contribution in [2.24, 2.45) is 0 Å². The lowest BCUT2D eigenvalue weighted by atomic mass is 10.1. The number of rotatable bonds is 6. The lowest BCUT2D eigenvalue weighted by molar-refractivity contribution is 0.0988. The molecule has 0 aliphatic heterocycles. The highest BCUT2D eigenvalue weighted by molar-refractivity contribution is 8.00. The SMILES string of the molecule is Cc1ccc(SC(CCCl)C(=O)c2ccc(F)cc2)cc1. The van der Waals surface area contributed by atoms with Crippen LogP contribution in [0.4, 0.5) is 4.39 Å². The van der Waals surface area contributed by atoms with E-state index in [2.05, 4.69) is 0 Å². The van der Waals surface area contributed by atoms with Gasteiger partial charge in [-0.3, -0.25) is 4.79 Å². The highest BCUT2D eigenvalue weighted by atomic mass is 35.5. The highest BCUT2D eigenvalue weighted by Gasteiger charge is 2.21. The summed E-state index contributed by atoms with van der Waals surface area (Å²) in [5.41, 5.74) is 1.70. The molecule has 0 heterocycles. The standard InChI is InChI=1S/C17H16ClFOS/c1-12-2-8-15(9-3-12)21-16(10-11-18)17(20)13-4-6-14(19)7-5-13/h2-9,16H,10-11H2,1H3. The lowest BCUT2D eigenvalue weighted by Gasteiger charge is -2.14. The molecule has 0 saturated carbocycles. The number of benzene rings is 2. The average Bonchev–Trinajstić information content (AvgIpc) is 2.49. The fourth-order valence-corrected chi connectivity index (χ4v) is 3.37. The van der Waals surface area contributed by atoms with E-state index >= 15 is 0 Å². The largest absolute Gasteiger partial charge is 0.293 e. The van der Waals surface area contributed by atoms with Gasteiger partial charge in [-0.25, -0.2) is 4.39 Å². The topological polar surface area (TPSA) is 17.1 Å². The van der Waals surface area contributed by atoms with Gasteiger partial charge in [0, 0.05) is 16.3 Å². The molecule has 2 aromatic rings. The summed E-state index contributed by atoms with van der Waals surface area (Å²) in [5.74, 6) is 0.0593. The van der Waals surface area contributed by atoms with Crippen LogP contribution in [-0.4, -0.2) is 16.9 Å². The number of hydrogen-bond acceptors (Lipinski definition) is 2. The Bertz CT molecular complexity index is 595. The zero-order valence-electron chi connectivity index (χ0n) is 11.7. The van der Waals surface area contributed by atoms with Gasteiger partial charge in [-0.1, -0.05) is 17.7 Å². The summed E-state index contributed by atoms with van der Waals surface area (Å²) < 4.78 is 12.9. The van der Waals surface area contributed by atoms with Crippen LogP contribution in [0.2, 0.25) is 0 Å². The molecule has 0 N–H and O–H groups in total. The summed E-state index contributed by atoms with van der Waals surface area (Å²) in [7, 11) is 0. The fraction of sp³-hybridized carbons (Fsp3) is 0.235. The number of alkyl halides is 1. The summed E-state index contributed by atoms with van der Waals surface area (Å²) >= 11 is 7.32. The molecule has 4 heteroatoms. The maximum atomic E-state index is 12.9. The zero-order chi connectivity index (χ0) is 15.2. The molecule has 1 atom stereocenters. The van der Waals surface area contributed by atoms with Crippen LogP contribution < -0.4 is 0 Å². The number of carbonyl (C=O) groups excluding carboxylic acids is 1. The zero-order valence-corrected chi connectivity index (χ0v) is 13.3. The molecule has 0 saturated heterocycles. The lowest BCUT2D eigenvalue weighted by Crippen LogP contribution is -2.18. The van der Waals surface area contributed by atoms with Gasteiger partial charge >= 0.3 is 0 Å². The van der Waals surface area contributed by atoms with Crippen LogP contribution in [0.5, 0.6) is 0 Å². The number of thioether (sulfide) groups is 1. The second-order valence-electron chi connectivity index (χ2n) is 4.77. The molecule has 0 radical (unpaired) electrons. The van der Waals surface area contributed by atoms with Crippen LogP contribution in [0.15, 0.2) is 53.4 Å². The molecule has 0 bridgehead atoms. The van der Waals surface area contributed by atoms with Crippen LogP contribution in [0.3, 0.4) is 0 Å². The summed E-state index contributed by atoms with van der Waals surface area (Å²) in [5, 5.41) is -0.254. The normalized spacial score (nSPS) is 12.1. The Labute approximate surface area is 133 Å². The minimum absolute atomic E-state index is 0.0128. The molecule has 2 rings (SSSR count). The first-order chi connectivity index (χ1) is 10.1. The molecule has 0 spiro atoms. The van der Waals surface area contributed by atoms with Crippen molar-refractivity contribution >= 4 is 29.1 Å². The van der Waals surface area contributed by atoms with Crippen molar-refractivity contribution in [3.8, 4) is 0 Å². The number of Topliss-reactive ketones (excluding diaryl/α,β-unsaturated/α-hetero) is 1. The number of carbonyl (C=O) groups is 1. The Hall–Kier alpha value is -1.32. The first kappa shape index (κ1) is 16.1. The molecule has 0 aliphatic carbocycles. The molecule has 21 heavy (non-hydrogen) atoms. The van der Waals surface area contributed by atoms with E-state index < -0.39 is 0 Å². The predicted molar refractivity (Wildman–Crippen MR) is 86.9 cm³/mol. The van der Waals surface area contributed by atoms with Crippen LogP contribution >= 0.6 is 23.4 Å². The van der Waals surface area contributed by atoms with Gasteiger partial charge in [-0.2, -0.15) is 0 Å². The second-order valence-corrected chi connectivity index (χ2v) is 6.42. The smallest absolute Gasteiger partial charge is 0.176 e. The Morgan fingerprint density at radius 2 is 1.76 bits per heavy atom. The van der Waals surface area contributed by atoms with E-state index in [0.29, 0.717) is 17.9 Å². The first-order valence-electron chi connectivity index (χ1n) is 6.69. The third kappa shape index (κ3) is 4.58. The minimum atomic E-state index is -0.341. The molecule has 1 nitrogen and oxygen atoms in total. The molecule has 0 aliphatic rings. The monoisotopic (exact) mass is 322 g/mol. The van der Waals surface area contributed by atoms with Gasteiger partial charge < -0.3 is 0 Å². The van der Waals surface area contributed by atoms with Crippen LogP contribution in [-0.2, 0) is 0 Å². The molecule has 0 amide bonds. The number of hydrogen-bond donors (Lipinski definition) is 0. The Balaban J connectivity index is 2.15. The van der Waals surface area contributed by atoms with Crippen LogP contribution in [0, 0.1) is 12.7 Å². The third-order valence-electron chi connectivity index (χ3n) is 3.09. The minimum Gasteiger partial charge on any atom is -0.293 e. The van der Waals surface area contributed by atoms with Crippen molar-refractivity contribution in [3.63, 3.8) is 0 Å². The van der Waals surface area contributed by atoms with E-state index in [9.17, 15) is 9.18 Å². The summed E-state index contributed by atoms with van der Waals surface area (Å²) in [6, 6.07) is 13.7. The van der Waals surface area contributed by atoms with E-state index in [1.165, 1.54) is 41.6 Å². The van der Waals surface area contributed by atoms with E-state index in [1.54, 1.807) is 0 Å². The van der Waals surface area contributed by atoms with Gasteiger partial charge in [0.05, 0.1) is 5.25 Å². The molecular weight excluding hydrogens is 307 g/mol. The number of aryl methyl sites for hydroxylation is 1. The van der Waals surface area contributed by atoms with Gasteiger partial charge in [0.1, 0.15) is 5.82 Å². The molecular formula is C17H16ClFOS. The van der Waals surface area contributed by atoms with E-state index in [1.807, 2.05) is 31.2 Å². The van der Waals surface area contributed by atoms with Crippen LogP contribution in [0.1, 0.15) is 22.3 Å². The Kier molecular flexibility index (Phi) is 5.83.